The quantitative estimate of drug-likeness (QED) is 0.412. The molecular formula is C23H27NO5S. The number of Topliss-reactive ketones (excluding diaryl/α,β-unsaturated/α-hetero) is 1. The summed E-state index contributed by atoms with van der Waals surface area (Å²) < 4.78 is 10.6. The van der Waals surface area contributed by atoms with Crippen LogP contribution in [0, 0.1) is 0 Å². The molecule has 0 spiro atoms. The van der Waals surface area contributed by atoms with Crippen molar-refractivity contribution in [2.45, 2.75) is 25.8 Å². The Morgan fingerprint density at radius 3 is 2.33 bits per heavy atom. The van der Waals surface area contributed by atoms with Gasteiger partial charge < -0.3 is 14.8 Å². The molecule has 6 nitrogen and oxygen atoms in total. The largest absolute Gasteiger partial charge is 0.484 e. The van der Waals surface area contributed by atoms with Gasteiger partial charge in [0.2, 0.25) is 0 Å². The highest BCUT2D eigenvalue weighted by molar-refractivity contribution is 7.98. The third-order valence-electron chi connectivity index (χ3n) is 4.37. The second-order valence-corrected chi connectivity index (χ2v) is 7.57. The normalized spacial score (nSPS) is 11.4. The van der Waals surface area contributed by atoms with Crippen molar-refractivity contribution in [3.63, 3.8) is 0 Å². The molecule has 0 aromatic heterocycles. The fourth-order valence-corrected chi connectivity index (χ4v) is 3.10. The summed E-state index contributed by atoms with van der Waals surface area (Å²) in [5, 5.41) is 2.64. The van der Waals surface area contributed by atoms with Crippen molar-refractivity contribution >= 4 is 29.4 Å². The van der Waals surface area contributed by atoms with Crippen LogP contribution in [0.5, 0.6) is 5.75 Å². The average molecular weight is 430 g/mol. The zero-order chi connectivity index (χ0) is 21.8. The Hall–Kier alpha value is -2.80. The Balaban J connectivity index is 1.86. The molecule has 0 aliphatic heterocycles. The molecule has 2 rings (SSSR count). The first-order valence-electron chi connectivity index (χ1n) is 9.78. The third kappa shape index (κ3) is 7.91. The van der Waals surface area contributed by atoms with E-state index in [2.05, 4.69) is 5.32 Å². The minimum Gasteiger partial charge on any atom is -0.484 e. The molecule has 0 fully saturated rings. The summed E-state index contributed by atoms with van der Waals surface area (Å²) in [7, 11) is 0. The van der Waals surface area contributed by atoms with Crippen molar-refractivity contribution in [3.05, 3.63) is 65.7 Å². The summed E-state index contributed by atoms with van der Waals surface area (Å²) in [5.74, 6) is -0.116. The minimum absolute atomic E-state index is 0.213. The van der Waals surface area contributed by atoms with Gasteiger partial charge in [0.25, 0.3) is 5.91 Å². The number of carbonyl (C=O) groups is 3. The zero-order valence-corrected chi connectivity index (χ0v) is 18.1. The molecule has 1 atom stereocenters. The van der Waals surface area contributed by atoms with E-state index in [0.29, 0.717) is 23.5 Å². The van der Waals surface area contributed by atoms with Gasteiger partial charge in [0, 0.05) is 5.56 Å². The molecule has 0 aliphatic rings. The number of esters is 1. The first-order valence-corrected chi connectivity index (χ1v) is 11.2. The molecule has 1 amide bonds. The van der Waals surface area contributed by atoms with Crippen LogP contribution in [-0.2, 0) is 20.7 Å². The fraction of sp³-hybridized carbons (Fsp3) is 0.348. The van der Waals surface area contributed by atoms with Gasteiger partial charge in [-0.2, -0.15) is 11.8 Å². The number of carbonyl (C=O) groups excluding carboxylic acids is 3. The molecule has 2 aromatic rings. The Morgan fingerprint density at radius 2 is 1.70 bits per heavy atom. The minimum atomic E-state index is -0.834. The molecule has 0 bridgehead atoms. The summed E-state index contributed by atoms with van der Waals surface area (Å²) in [4.78, 5) is 36.9. The lowest BCUT2D eigenvalue weighted by Gasteiger charge is -2.17. The molecule has 0 radical (unpaired) electrons. The third-order valence-corrected chi connectivity index (χ3v) is 5.02. The SMILES string of the molecule is CCc1ccc(C(=O)COC(=O)C(CCSC)NC(=O)COc2ccccc2)cc1. The van der Waals surface area contributed by atoms with Gasteiger partial charge in [0.15, 0.2) is 19.0 Å². The van der Waals surface area contributed by atoms with Crippen LogP contribution in [0.15, 0.2) is 54.6 Å². The summed E-state index contributed by atoms with van der Waals surface area (Å²) in [6.45, 7) is 1.46. The van der Waals surface area contributed by atoms with Crippen LogP contribution in [0.25, 0.3) is 0 Å². The van der Waals surface area contributed by atoms with Crippen molar-refractivity contribution in [2.24, 2.45) is 0 Å². The van der Waals surface area contributed by atoms with Crippen LogP contribution >= 0.6 is 11.8 Å². The van der Waals surface area contributed by atoms with Crippen molar-refractivity contribution < 1.29 is 23.9 Å². The number of aryl methyl sites for hydroxylation is 1. The topological polar surface area (TPSA) is 81.7 Å². The van der Waals surface area contributed by atoms with E-state index in [9.17, 15) is 14.4 Å². The number of ketones is 1. The van der Waals surface area contributed by atoms with Crippen LogP contribution in [0.2, 0.25) is 0 Å². The van der Waals surface area contributed by atoms with Crippen LogP contribution in [-0.4, -0.2) is 48.9 Å². The highest BCUT2D eigenvalue weighted by Gasteiger charge is 2.23. The van der Waals surface area contributed by atoms with Crippen molar-refractivity contribution in [1.82, 2.24) is 5.32 Å². The van der Waals surface area contributed by atoms with Crippen LogP contribution in [0.3, 0.4) is 0 Å². The second kappa shape index (κ2) is 12.7. The Labute approximate surface area is 181 Å². The van der Waals surface area contributed by atoms with Gasteiger partial charge in [-0.1, -0.05) is 49.4 Å². The lowest BCUT2D eigenvalue weighted by atomic mass is 10.1. The number of ether oxygens (including phenoxy) is 2. The summed E-state index contributed by atoms with van der Waals surface area (Å²) in [5.41, 5.74) is 1.61. The number of thioether (sulfide) groups is 1. The number of rotatable bonds is 12. The number of benzene rings is 2. The summed E-state index contributed by atoms with van der Waals surface area (Å²) in [6, 6.07) is 15.3. The Bertz CT molecular complexity index is 823. The van der Waals surface area contributed by atoms with E-state index in [4.69, 9.17) is 9.47 Å². The van der Waals surface area contributed by atoms with E-state index in [1.807, 2.05) is 31.4 Å². The number of hydrogen-bond donors (Lipinski definition) is 1. The van der Waals surface area contributed by atoms with E-state index >= 15 is 0 Å². The van der Waals surface area contributed by atoms with Gasteiger partial charge in [-0.25, -0.2) is 4.79 Å². The molecule has 0 saturated heterocycles. The lowest BCUT2D eigenvalue weighted by Crippen LogP contribution is -2.44. The predicted octanol–water partition coefficient (Wildman–Crippen LogP) is 3.29. The molecule has 1 unspecified atom stereocenters. The van der Waals surface area contributed by atoms with E-state index in [0.717, 1.165) is 12.0 Å². The first-order chi connectivity index (χ1) is 14.5. The standard InChI is InChI=1S/C23H27NO5S/c1-3-17-9-11-18(12-10-17)21(25)15-29-23(27)20(13-14-30-2)24-22(26)16-28-19-7-5-4-6-8-19/h4-12,20H,3,13-16H2,1-2H3,(H,24,26). The van der Waals surface area contributed by atoms with Gasteiger partial charge in [-0.05, 0) is 42.5 Å². The molecule has 2 aromatic carbocycles. The van der Waals surface area contributed by atoms with Gasteiger partial charge >= 0.3 is 5.97 Å². The van der Waals surface area contributed by atoms with E-state index in [-0.39, 0.29) is 19.0 Å². The number of nitrogens with one attached hydrogen (secondary N) is 1. The van der Waals surface area contributed by atoms with Gasteiger partial charge in [0.05, 0.1) is 0 Å². The predicted molar refractivity (Wildman–Crippen MR) is 118 cm³/mol. The fourth-order valence-electron chi connectivity index (χ4n) is 2.63. The summed E-state index contributed by atoms with van der Waals surface area (Å²) >= 11 is 1.55. The maximum Gasteiger partial charge on any atom is 0.329 e. The van der Waals surface area contributed by atoms with Crippen molar-refractivity contribution in [1.29, 1.82) is 0 Å². The van der Waals surface area contributed by atoms with Crippen LogP contribution in [0.1, 0.15) is 29.3 Å². The molecule has 30 heavy (non-hydrogen) atoms. The molecular weight excluding hydrogens is 402 g/mol. The maximum absolute atomic E-state index is 12.5. The zero-order valence-electron chi connectivity index (χ0n) is 17.3. The van der Waals surface area contributed by atoms with Crippen LogP contribution < -0.4 is 10.1 Å². The smallest absolute Gasteiger partial charge is 0.329 e. The molecule has 160 valence electrons. The van der Waals surface area contributed by atoms with Crippen LogP contribution in [0.4, 0.5) is 0 Å². The average Bonchev–Trinajstić information content (AvgIpc) is 2.79. The molecule has 1 N–H and O–H groups in total. The van der Waals surface area contributed by atoms with Crippen molar-refractivity contribution in [2.75, 3.05) is 25.2 Å². The highest BCUT2D eigenvalue weighted by Crippen LogP contribution is 2.09. The first kappa shape index (κ1) is 23.5. The monoisotopic (exact) mass is 429 g/mol. The highest BCUT2D eigenvalue weighted by atomic mass is 32.2. The Morgan fingerprint density at radius 1 is 1.00 bits per heavy atom. The van der Waals surface area contributed by atoms with E-state index < -0.39 is 17.9 Å². The van der Waals surface area contributed by atoms with Gasteiger partial charge in [-0.15, -0.1) is 0 Å². The molecule has 0 saturated carbocycles. The Kier molecular flexibility index (Phi) is 9.94. The number of hydrogen-bond acceptors (Lipinski definition) is 6. The molecule has 0 heterocycles. The second-order valence-electron chi connectivity index (χ2n) is 6.58. The van der Waals surface area contributed by atoms with Gasteiger partial charge in [0.1, 0.15) is 11.8 Å². The number of amides is 1. The maximum atomic E-state index is 12.5. The van der Waals surface area contributed by atoms with E-state index in [1.165, 1.54) is 0 Å². The van der Waals surface area contributed by atoms with Gasteiger partial charge in [-0.3, -0.25) is 9.59 Å². The molecule has 0 aliphatic carbocycles. The summed E-state index contributed by atoms with van der Waals surface area (Å²) in [6.07, 6.45) is 3.19. The lowest BCUT2D eigenvalue weighted by molar-refractivity contribution is -0.147. The van der Waals surface area contributed by atoms with Crippen molar-refractivity contribution in [3.8, 4) is 5.75 Å². The van der Waals surface area contributed by atoms with E-state index in [1.54, 1.807) is 48.2 Å². The number of para-hydroxylation sites is 1. The molecule has 7 heteroatoms.